The van der Waals surface area contributed by atoms with Crippen molar-refractivity contribution < 1.29 is 0 Å². The Morgan fingerprint density at radius 1 is 0.406 bits per heavy atom. The second-order valence-electron chi connectivity index (χ2n) is 10.4. The van der Waals surface area contributed by atoms with Crippen LogP contribution in [-0.2, 0) is 0 Å². The van der Waals surface area contributed by atoms with E-state index in [0.717, 1.165) is 0 Å². The molecule has 1 unspecified atom stereocenters. The van der Waals surface area contributed by atoms with Gasteiger partial charge in [0.15, 0.2) is 0 Å². The fourth-order valence-electron chi connectivity index (χ4n) is 5.19. The van der Waals surface area contributed by atoms with Crippen molar-refractivity contribution in [2.24, 2.45) is 0 Å². The molecule has 0 aromatic heterocycles. The zero-order valence-electron chi connectivity index (χ0n) is 22.6. The van der Waals surface area contributed by atoms with E-state index in [0.29, 0.717) is 6.17 Å². The lowest BCUT2D eigenvalue weighted by Crippen LogP contribution is -2.39. The van der Waals surface area contributed by atoms with Crippen LogP contribution in [0.1, 0.15) is 162 Å². The summed E-state index contributed by atoms with van der Waals surface area (Å²) in [7, 11) is 0. The van der Waals surface area contributed by atoms with Gasteiger partial charge in [-0.25, -0.2) is 0 Å². The molecule has 2 heteroatoms. The van der Waals surface area contributed by atoms with Crippen LogP contribution in [0, 0.1) is 0 Å². The highest BCUT2D eigenvalue weighted by molar-refractivity contribution is 4.96. The van der Waals surface area contributed by atoms with Crippen LogP contribution in [0.5, 0.6) is 0 Å². The third kappa shape index (κ3) is 15.2. The quantitative estimate of drug-likeness (QED) is 0.135. The third-order valence-electron chi connectivity index (χ3n) is 7.28. The molecule has 0 N–H and O–H groups in total. The Morgan fingerprint density at radius 3 is 1.22 bits per heavy atom. The smallest absolute Gasteiger partial charge is 0.101 e. The third-order valence-corrected chi connectivity index (χ3v) is 7.28. The highest BCUT2D eigenvalue weighted by Gasteiger charge is 2.24. The van der Waals surface area contributed by atoms with Gasteiger partial charge in [0.25, 0.3) is 0 Å². The molecule has 0 saturated carbocycles. The Bertz CT molecular complexity index is 406. The SMILES string of the molecule is CCCCCCCCCCCCCC1N(CCC)C=CN1CCCCCCCCCCC. The molecule has 0 spiro atoms. The van der Waals surface area contributed by atoms with Gasteiger partial charge in [0, 0.05) is 25.5 Å². The van der Waals surface area contributed by atoms with Crippen molar-refractivity contribution in [2.45, 2.75) is 168 Å². The predicted octanol–water partition coefficient (Wildman–Crippen LogP) is 10.0. The van der Waals surface area contributed by atoms with E-state index in [-0.39, 0.29) is 0 Å². The molecule has 0 aromatic rings. The minimum Gasteiger partial charge on any atom is -0.356 e. The molecule has 0 radical (unpaired) electrons. The van der Waals surface area contributed by atoms with Crippen LogP contribution in [0.2, 0.25) is 0 Å². The number of rotatable bonds is 24. The number of nitrogens with zero attached hydrogens (tertiary/aromatic N) is 2. The maximum atomic E-state index is 2.66. The fraction of sp³-hybridized carbons (Fsp3) is 0.933. The lowest BCUT2D eigenvalue weighted by atomic mass is 10.0. The zero-order valence-corrected chi connectivity index (χ0v) is 22.6. The van der Waals surface area contributed by atoms with E-state index < -0.39 is 0 Å². The molecule has 1 aliphatic rings. The summed E-state index contributed by atoms with van der Waals surface area (Å²) in [5.41, 5.74) is 0. The highest BCUT2D eigenvalue weighted by atomic mass is 15.4. The van der Waals surface area contributed by atoms with Gasteiger partial charge in [0.1, 0.15) is 6.17 Å². The first-order valence-electron chi connectivity index (χ1n) is 15.0. The predicted molar refractivity (Wildman–Crippen MR) is 145 cm³/mol. The summed E-state index contributed by atoms with van der Waals surface area (Å²) in [4.78, 5) is 5.28. The number of hydrogen-bond donors (Lipinski definition) is 0. The Morgan fingerprint density at radius 2 is 0.781 bits per heavy atom. The molecule has 1 atom stereocenters. The van der Waals surface area contributed by atoms with Crippen LogP contribution >= 0.6 is 0 Å². The molecular formula is C30H60N2. The van der Waals surface area contributed by atoms with Gasteiger partial charge in [-0.3, -0.25) is 0 Å². The van der Waals surface area contributed by atoms with Crippen LogP contribution < -0.4 is 0 Å². The van der Waals surface area contributed by atoms with Crippen molar-refractivity contribution in [3.8, 4) is 0 Å². The standard InChI is InChI=1S/C30H60N2/c1-4-7-9-11-13-15-16-17-19-21-23-25-30-31(26-6-3)28-29-32(30)27-24-22-20-18-14-12-10-8-5-2/h28-30H,4-27H2,1-3H3. The number of unbranched alkanes of at least 4 members (excludes halogenated alkanes) is 18. The summed E-state index contributed by atoms with van der Waals surface area (Å²) in [5.74, 6) is 0. The molecule has 1 heterocycles. The van der Waals surface area contributed by atoms with E-state index in [1.165, 1.54) is 154 Å². The fourth-order valence-corrected chi connectivity index (χ4v) is 5.19. The normalized spacial score (nSPS) is 15.9. The Labute approximate surface area is 203 Å². The molecule has 2 nitrogen and oxygen atoms in total. The zero-order chi connectivity index (χ0) is 23.1. The Balaban J connectivity index is 2.08. The first-order chi connectivity index (χ1) is 15.8. The van der Waals surface area contributed by atoms with E-state index >= 15 is 0 Å². The lowest BCUT2D eigenvalue weighted by Gasteiger charge is -2.33. The van der Waals surface area contributed by atoms with Crippen molar-refractivity contribution >= 4 is 0 Å². The molecule has 0 aliphatic carbocycles. The summed E-state index contributed by atoms with van der Waals surface area (Å²) < 4.78 is 0. The van der Waals surface area contributed by atoms with Gasteiger partial charge in [0.05, 0.1) is 0 Å². The Kier molecular flexibility index (Phi) is 20.3. The summed E-state index contributed by atoms with van der Waals surface area (Å²) in [6, 6.07) is 0. The molecule has 0 saturated heterocycles. The summed E-state index contributed by atoms with van der Waals surface area (Å²) in [6.45, 7) is 9.40. The van der Waals surface area contributed by atoms with Gasteiger partial charge in [-0.05, 0) is 25.7 Å². The van der Waals surface area contributed by atoms with E-state index in [1.54, 1.807) is 0 Å². The molecule has 0 amide bonds. The minimum absolute atomic E-state index is 0.641. The summed E-state index contributed by atoms with van der Waals surface area (Å²) in [5, 5.41) is 0. The van der Waals surface area contributed by atoms with Crippen molar-refractivity contribution in [1.82, 2.24) is 9.80 Å². The average Bonchev–Trinajstić information content (AvgIpc) is 3.18. The van der Waals surface area contributed by atoms with Gasteiger partial charge in [-0.1, -0.05) is 136 Å². The van der Waals surface area contributed by atoms with E-state index in [9.17, 15) is 0 Å². The molecule has 1 aliphatic heterocycles. The van der Waals surface area contributed by atoms with E-state index in [2.05, 4.69) is 43.0 Å². The molecular weight excluding hydrogens is 388 g/mol. The Hall–Kier alpha value is -0.660. The van der Waals surface area contributed by atoms with Crippen LogP contribution in [0.15, 0.2) is 12.4 Å². The number of hydrogen-bond acceptors (Lipinski definition) is 2. The van der Waals surface area contributed by atoms with Crippen LogP contribution in [0.25, 0.3) is 0 Å². The molecule has 0 aromatic carbocycles. The second kappa shape index (κ2) is 22.1. The van der Waals surface area contributed by atoms with E-state index in [4.69, 9.17) is 0 Å². The topological polar surface area (TPSA) is 6.48 Å². The molecule has 0 fully saturated rings. The first kappa shape index (κ1) is 29.4. The monoisotopic (exact) mass is 448 g/mol. The molecule has 0 bridgehead atoms. The van der Waals surface area contributed by atoms with Crippen molar-refractivity contribution in [1.29, 1.82) is 0 Å². The molecule has 190 valence electrons. The van der Waals surface area contributed by atoms with Crippen LogP contribution in [0.4, 0.5) is 0 Å². The highest BCUT2D eigenvalue weighted by Crippen LogP contribution is 2.23. The largest absolute Gasteiger partial charge is 0.356 e. The van der Waals surface area contributed by atoms with Gasteiger partial charge in [-0.2, -0.15) is 0 Å². The lowest BCUT2D eigenvalue weighted by molar-refractivity contribution is 0.137. The summed E-state index contributed by atoms with van der Waals surface area (Å²) in [6.07, 6.45) is 36.7. The van der Waals surface area contributed by atoms with Crippen molar-refractivity contribution in [3.05, 3.63) is 12.4 Å². The summed E-state index contributed by atoms with van der Waals surface area (Å²) >= 11 is 0. The van der Waals surface area contributed by atoms with Gasteiger partial charge in [-0.15, -0.1) is 0 Å². The van der Waals surface area contributed by atoms with E-state index in [1.807, 2.05) is 0 Å². The molecule has 1 rings (SSSR count). The van der Waals surface area contributed by atoms with Crippen molar-refractivity contribution in [2.75, 3.05) is 13.1 Å². The first-order valence-corrected chi connectivity index (χ1v) is 15.0. The maximum Gasteiger partial charge on any atom is 0.101 e. The average molecular weight is 449 g/mol. The molecule has 32 heavy (non-hydrogen) atoms. The van der Waals surface area contributed by atoms with Gasteiger partial charge >= 0.3 is 0 Å². The van der Waals surface area contributed by atoms with Crippen LogP contribution in [-0.4, -0.2) is 29.1 Å². The van der Waals surface area contributed by atoms with Gasteiger partial charge < -0.3 is 9.80 Å². The maximum absolute atomic E-state index is 2.66. The van der Waals surface area contributed by atoms with Crippen LogP contribution in [0.3, 0.4) is 0 Å². The van der Waals surface area contributed by atoms with Crippen molar-refractivity contribution in [3.63, 3.8) is 0 Å². The minimum atomic E-state index is 0.641. The van der Waals surface area contributed by atoms with Gasteiger partial charge in [0.2, 0.25) is 0 Å². The second-order valence-corrected chi connectivity index (χ2v) is 10.4.